The number of ether oxygens (including phenoxy) is 1. The molecule has 0 saturated heterocycles. The lowest BCUT2D eigenvalue weighted by Gasteiger charge is -2.20. The van der Waals surface area contributed by atoms with E-state index in [9.17, 15) is 14.0 Å². The minimum absolute atomic E-state index is 0.0520. The summed E-state index contributed by atoms with van der Waals surface area (Å²) in [4.78, 5) is 23.5. The monoisotopic (exact) mass is 328 g/mol. The summed E-state index contributed by atoms with van der Waals surface area (Å²) < 4.78 is 18.8. The van der Waals surface area contributed by atoms with Gasteiger partial charge in [-0.2, -0.15) is 11.8 Å². The van der Waals surface area contributed by atoms with E-state index in [2.05, 4.69) is 10.6 Å². The average molecular weight is 328 g/mol. The largest absolute Gasteiger partial charge is 0.444 e. The van der Waals surface area contributed by atoms with E-state index in [-0.39, 0.29) is 16.8 Å². The van der Waals surface area contributed by atoms with Crippen LogP contribution in [0, 0.1) is 5.82 Å². The molecule has 0 aliphatic heterocycles. The summed E-state index contributed by atoms with van der Waals surface area (Å²) in [6, 6.07) is 3.96. The molecule has 7 heteroatoms. The Kier molecular flexibility index (Phi) is 6.22. The number of hydrogen-bond donors (Lipinski definition) is 2. The second kappa shape index (κ2) is 7.49. The van der Waals surface area contributed by atoms with Crippen LogP contribution < -0.4 is 10.6 Å². The molecule has 0 aliphatic carbocycles. The molecule has 0 unspecified atom stereocenters. The summed E-state index contributed by atoms with van der Waals surface area (Å²) >= 11 is 1.40. The number of thioether (sulfide) groups is 1. The minimum Gasteiger partial charge on any atom is -0.444 e. The van der Waals surface area contributed by atoms with Crippen LogP contribution in [0.2, 0.25) is 0 Å². The zero-order valence-corrected chi connectivity index (χ0v) is 14.1. The number of amides is 2. The number of hydrogen-bond acceptors (Lipinski definition) is 4. The molecule has 1 aromatic rings. The number of anilines is 2. The van der Waals surface area contributed by atoms with E-state index in [4.69, 9.17) is 4.74 Å². The first-order valence-electron chi connectivity index (χ1n) is 6.75. The Labute approximate surface area is 134 Å². The van der Waals surface area contributed by atoms with Crippen LogP contribution in [0.5, 0.6) is 0 Å². The van der Waals surface area contributed by atoms with Gasteiger partial charge in [-0.3, -0.25) is 10.1 Å². The summed E-state index contributed by atoms with van der Waals surface area (Å²) in [6.07, 6.45) is 1.07. The van der Waals surface area contributed by atoms with Crippen LogP contribution >= 0.6 is 11.8 Å². The van der Waals surface area contributed by atoms with Crippen LogP contribution in [0.3, 0.4) is 0 Å². The fourth-order valence-corrected chi connectivity index (χ4v) is 1.74. The van der Waals surface area contributed by atoms with Crippen LogP contribution in [-0.4, -0.2) is 29.1 Å². The normalized spacial score (nSPS) is 12.5. The zero-order valence-electron chi connectivity index (χ0n) is 13.3. The van der Waals surface area contributed by atoms with Crippen molar-refractivity contribution in [3.63, 3.8) is 0 Å². The topological polar surface area (TPSA) is 67.4 Å². The molecule has 5 nitrogen and oxygen atoms in total. The van der Waals surface area contributed by atoms with Crippen LogP contribution in [0.25, 0.3) is 0 Å². The molecule has 0 radical (unpaired) electrons. The predicted octanol–water partition coefficient (Wildman–Crippen LogP) is 3.86. The van der Waals surface area contributed by atoms with Gasteiger partial charge < -0.3 is 10.1 Å². The smallest absolute Gasteiger partial charge is 0.412 e. The van der Waals surface area contributed by atoms with Crippen molar-refractivity contribution in [2.45, 2.75) is 38.5 Å². The lowest BCUT2D eigenvalue weighted by atomic mass is 10.2. The van der Waals surface area contributed by atoms with Crippen molar-refractivity contribution in [1.29, 1.82) is 0 Å². The van der Waals surface area contributed by atoms with E-state index in [0.717, 1.165) is 0 Å². The van der Waals surface area contributed by atoms with Crippen molar-refractivity contribution >= 4 is 35.1 Å². The standard InChI is InChI=1S/C15H21FN2O3S/c1-9(22-5)13(19)17-10-6-7-11(16)12(8-10)18-14(20)21-15(2,3)4/h6-9H,1-5H3,(H,17,19)(H,18,20)/t9-/m0/s1. The summed E-state index contributed by atoms with van der Waals surface area (Å²) in [5, 5.41) is 4.76. The Hall–Kier alpha value is -1.76. The van der Waals surface area contributed by atoms with Crippen molar-refractivity contribution in [2.75, 3.05) is 16.9 Å². The quantitative estimate of drug-likeness (QED) is 0.880. The molecule has 0 aromatic heterocycles. The molecule has 2 N–H and O–H groups in total. The Morgan fingerprint density at radius 1 is 1.27 bits per heavy atom. The minimum atomic E-state index is -0.757. The van der Waals surface area contributed by atoms with Gasteiger partial charge >= 0.3 is 6.09 Å². The highest BCUT2D eigenvalue weighted by Gasteiger charge is 2.18. The van der Waals surface area contributed by atoms with Crippen LogP contribution in [-0.2, 0) is 9.53 Å². The first-order valence-corrected chi connectivity index (χ1v) is 8.04. The molecule has 1 atom stereocenters. The number of carbonyl (C=O) groups is 2. The number of carbonyl (C=O) groups excluding carboxylic acids is 2. The lowest BCUT2D eigenvalue weighted by Crippen LogP contribution is -2.27. The summed E-state index contributed by atoms with van der Waals surface area (Å²) in [6.45, 7) is 6.90. The van der Waals surface area contributed by atoms with Gasteiger partial charge in [0.25, 0.3) is 0 Å². The highest BCUT2D eigenvalue weighted by Crippen LogP contribution is 2.21. The molecule has 0 aliphatic rings. The molecule has 0 bridgehead atoms. The SMILES string of the molecule is CS[C@@H](C)C(=O)Nc1ccc(F)c(NC(=O)OC(C)(C)C)c1. The van der Waals surface area contributed by atoms with Crippen LogP contribution in [0.15, 0.2) is 18.2 Å². The molecule has 122 valence electrons. The van der Waals surface area contributed by atoms with Gasteiger partial charge in [0.1, 0.15) is 11.4 Å². The van der Waals surface area contributed by atoms with Gasteiger partial charge in [0.05, 0.1) is 10.9 Å². The number of benzene rings is 1. The lowest BCUT2D eigenvalue weighted by molar-refractivity contribution is -0.115. The predicted molar refractivity (Wildman–Crippen MR) is 87.9 cm³/mol. The van der Waals surface area contributed by atoms with E-state index < -0.39 is 17.5 Å². The van der Waals surface area contributed by atoms with Gasteiger partial charge in [-0.15, -0.1) is 0 Å². The average Bonchev–Trinajstić information content (AvgIpc) is 2.39. The molecule has 22 heavy (non-hydrogen) atoms. The third kappa shape index (κ3) is 5.93. The highest BCUT2D eigenvalue weighted by atomic mass is 32.2. The molecular formula is C15H21FN2O3S. The number of halogens is 1. The van der Waals surface area contributed by atoms with Gasteiger partial charge in [0.15, 0.2) is 0 Å². The third-order valence-electron chi connectivity index (χ3n) is 2.59. The highest BCUT2D eigenvalue weighted by molar-refractivity contribution is 7.99. The van der Waals surface area contributed by atoms with Crippen LogP contribution in [0.1, 0.15) is 27.7 Å². The Morgan fingerprint density at radius 3 is 2.45 bits per heavy atom. The maximum atomic E-state index is 13.7. The molecule has 2 amide bonds. The molecule has 0 fully saturated rings. The first-order chi connectivity index (χ1) is 10.1. The van der Waals surface area contributed by atoms with Gasteiger partial charge in [-0.1, -0.05) is 0 Å². The maximum Gasteiger partial charge on any atom is 0.412 e. The van der Waals surface area contributed by atoms with Crippen LogP contribution in [0.4, 0.5) is 20.6 Å². The van der Waals surface area contributed by atoms with Gasteiger partial charge in [-0.05, 0) is 52.1 Å². The molecule has 0 heterocycles. The molecule has 0 spiro atoms. The first kappa shape index (κ1) is 18.3. The molecule has 1 aromatic carbocycles. The summed E-state index contributed by atoms with van der Waals surface area (Å²) in [5.41, 5.74) is -0.331. The van der Waals surface area contributed by atoms with Crippen molar-refractivity contribution in [2.24, 2.45) is 0 Å². The number of rotatable bonds is 4. The summed E-state index contributed by atoms with van der Waals surface area (Å²) in [7, 11) is 0. The van der Waals surface area contributed by atoms with E-state index in [1.54, 1.807) is 27.7 Å². The zero-order chi connectivity index (χ0) is 16.9. The van der Waals surface area contributed by atoms with Gasteiger partial charge in [0, 0.05) is 5.69 Å². The van der Waals surface area contributed by atoms with Gasteiger partial charge in [-0.25, -0.2) is 9.18 Å². The van der Waals surface area contributed by atoms with Crippen molar-refractivity contribution in [3.05, 3.63) is 24.0 Å². The molecular weight excluding hydrogens is 307 g/mol. The Bertz CT molecular complexity index is 558. The summed E-state index contributed by atoms with van der Waals surface area (Å²) in [5.74, 6) is -0.802. The van der Waals surface area contributed by atoms with E-state index in [0.29, 0.717) is 5.69 Å². The van der Waals surface area contributed by atoms with Crippen molar-refractivity contribution in [1.82, 2.24) is 0 Å². The van der Waals surface area contributed by atoms with E-state index in [1.807, 2.05) is 6.26 Å². The van der Waals surface area contributed by atoms with Crippen molar-refractivity contribution < 1.29 is 18.7 Å². The number of nitrogens with one attached hydrogen (secondary N) is 2. The van der Waals surface area contributed by atoms with E-state index >= 15 is 0 Å². The second-order valence-electron chi connectivity index (χ2n) is 5.69. The third-order valence-corrected chi connectivity index (χ3v) is 3.51. The maximum absolute atomic E-state index is 13.7. The molecule has 0 saturated carbocycles. The fourth-order valence-electron chi connectivity index (χ4n) is 1.46. The Balaban J connectivity index is 2.82. The van der Waals surface area contributed by atoms with Gasteiger partial charge in [0.2, 0.25) is 5.91 Å². The molecule has 1 rings (SSSR count). The Morgan fingerprint density at radius 2 is 1.91 bits per heavy atom. The van der Waals surface area contributed by atoms with E-state index in [1.165, 1.54) is 30.0 Å². The second-order valence-corrected chi connectivity index (χ2v) is 6.87. The van der Waals surface area contributed by atoms with Crippen molar-refractivity contribution in [3.8, 4) is 0 Å². The fraction of sp³-hybridized carbons (Fsp3) is 0.467.